The Hall–Kier alpha value is -3.02. The van der Waals surface area contributed by atoms with E-state index in [0.29, 0.717) is 0 Å². The maximum absolute atomic E-state index is 13.4. The van der Waals surface area contributed by atoms with E-state index in [4.69, 9.17) is 10.2 Å². The topological polar surface area (TPSA) is 87.0 Å². The molecule has 106 valence electrons. The van der Waals surface area contributed by atoms with Crippen LogP contribution in [0.15, 0.2) is 47.5 Å². The molecule has 0 saturated heterocycles. The average Bonchev–Trinajstić information content (AvgIpc) is 2.46. The van der Waals surface area contributed by atoms with Crippen molar-refractivity contribution in [1.82, 2.24) is 0 Å². The van der Waals surface area contributed by atoms with Gasteiger partial charge in [0.25, 0.3) is 0 Å². The minimum Gasteiger partial charge on any atom is -0.478 e. The van der Waals surface area contributed by atoms with Crippen LogP contribution in [0.1, 0.15) is 26.3 Å². The van der Waals surface area contributed by atoms with Crippen molar-refractivity contribution in [3.8, 4) is 0 Å². The summed E-state index contributed by atoms with van der Waals surface area (Å²) in [5, 5.41) is 17.9. The number of carboxylic acids is 2. The molecule has 0 bridgehead atoms. The first kappa shape index (κ1) is 14.4. The maximum atomic E-state index is 13.4. The molecule has 0 aliphatic carbocycles. The van der Waals surface area contributed by atoms with Gasteiger partial charge in [0.2, 0.25) is 0 Å². The Morgan fingerprint density at radius 1 is 1.00 bits per heavy atom. The second kappa shape index (κ2) is 5.96. The van der Waals surface area contributed by atoms with E-state index in [9.17, 15) is 14.0 Å². The Bertz CT molecular complexity index is 708. The van der Waals surface area contributed by atoms with E-state index in [1.807, 2.05) is 0 Å². The SMILES string of the molecule is O=C(O)c1cc(/C=N/c2ccccc2F)cc(C(=O)O)c1. The van der Waals surface area contributed by atoms with Gasteiger partial charge in [0.05, 0.1) is 16.8 Å². The number of hydrogen-bond donors (Lipinski definition) is 2. The fraction of sp³-hybridized carbons (Fsp3) is 0. The maximum Gasteiger partial charge on any atom is 0.335 e. The average molecular weight is 287 g/mol. The number of carboxylic acid groups (broad SMARTS) is 2. The van der Waals surface area contributed by atoms with Crippen molar-refractivity contribution >= 4 is 23.8 Å². The van der Waals surface area contributed by atoms with E-state index in [-0.39, 0.29) is 22.4 Å². The monoisotopic (exact) mass is 287 g/mol. The Labute approximate surface area is 119 Å². The summed E-state index contributed by atoms with van der Waals surface area (Å²) in [5.41, 5.74) is -0.0135. The van der Waals surface area contributed by atoms with Gasteiger partial charge in [-0.15, -0.1) is 0 Å². The summed E-state index contributed by atoms with van der Waals surface area (Å²) in [5.74, 6) is -3.03. The molecule has 0 aromatic heterocycles. The summed E-state index contributed by atoms with van der Waals surface area (Å²) < 4.78 is 13.4. The molecule has 0 amide bonds. The molecule has 0 fully saturated rings. The molecule has 0 unspecified atom stereocenters. The van der Waals surface area contributed by atoms with Gasteiger partial charge in [0.15, 0.2) is 0 Å². The van der Waals surface area contributed by atoms with Gasteiger partial charge in [0, 0.05) is 6.21 Å². The molecule has 2 rings (SSSR count). The van der Waals surface area contributed by atoms with E-state index >= 15 is 0 Å². The van der Waals surface area contributed by atoms with Crippen LogP contribution in [0, 0.1) is 5.82 Å². The van der Waals surface area contributed by atoms with Crippen LogP contribution in [-0.4, -0.2) is 28.4 Å². The first-order valence-corrected chi connectivity index (χ1v) is 5.87. The van der Waals surface area contributed by atoms with Crippen molar-refractivity contribution in [2.24, 2.45) is 4.99 Å². The predicted molar refractivity (Wildman–Crippen MR) is 74.0 cm³/mol. The molecule has 0 atom stereocenters. The molecule has 21 heavy (non-hydrogen) atoms. The largest absolute Gasteiger partial charge is 0.478 e. The lowest BCUT2D eigenvalue weighted by Crippen LogP contribution is -2.04. The van der Waals surface area contributed by atoms with Crippen molar-refractivity contribution in [3.05, 3.63) is 65.0 Å². The zero-order chi connectivity index (χ0) is 15.4. The number of aromatic carboxylic acids is 2. The van der Waals surface area contributed by atoms with Crippen LogP contribution in [-0.2, 0) is 0 Å². The summed E-state index contributed by atoms with van der Waals surface area (Å²) in [4.78, 5) is 25.8. The Morgan fingerprint density at radius 2 is 1.57 bits per heavy atom. The molecular formula is C15H10FNO4. The smallest absolute Gasteiger partial charge is 0.335 e. The van der Waals surface area contributed by atoms with Crippen molar-refractivity contribution in [2.75, 3.05) is 0 Å². The van der Waals surface area contributed by atoms with Crippen LogP contribution >= 0.6 is 0 Å². The second-order valence-electron chi connectivity index (χ2n) is 4.16. The summed E-state index contributed by atoms with van der Waals surface area (Å²) in [6.45, 7) is 0. The lowest BCUT2D eigenvalue weighted by atomic mass is 10.1. The molecule has 0 radical (unpaired) electrons. The standard InChI is InChI=1S/C15H10FNO4/c16-12-3-1-2-4-13(12)17-8-9-5-10(14(18)19)7-11(6-9)15(20)21/h1-8H,(H,18,19)(H,20,21)/b17-8+. The number of halogens is 1. The quantitative estimate of drug-likeness (QED) is 0.846. The van der Waals surface area contributed by atoms with Gasteiger partial charge in [-0.2, -0.15) is 0 Å². The minimum atomic E-state index is -1.25. The Kier molecular flexibility index (Phi) is 4.08. The van der Waals surface area contributed by atoms with Gasteiger partial charge in [-0.25, -0.2) is 14.0 Å². The molecule has 2 N–H and O–H groups in total. The molecule has 2 aromatic rings. The minimum absolute atomic E-state index is 0.0788. The second-order valence-corrected chi connectivity index (χ2v) is 4.16. The molecule has 0 aliphatic heterocycles. The zero-order valence-corrected chi connectivity index (χ0v) is 10.7. The predicted octanol–water partition coefficient (Wildman–Crippen LogP) is 2.97. The van der Waals surface area contributed by atoms with Crippen LogP contribution in [0.3, 0.4) is 0 Å². The van der Waals surface area contributed by atoms with Crippen LogP contribution in [0.2, 0.25) is 0 Å². The number of benzene rings is 2. The fourth-order valence-corrected chi connectivity index (χ4v) is 1.67. The van der Waals surface area contributed by atoms with Crippen molar-refractivity contribution in [3.63, 3.8) is 0 Å². The third kappa shape index (κ3) is 3.50. The summed E-state index contributed by atoms with van der Waals surface area (Å²) in [6, 6.07) is 9.38. The first-order chi connectivity index (χ1) is 9.97. The first-order valence-electron chi connectivity index (χ1n) is 5.87. The molecule has 0 aliphatic rings. The number of para-hydroxylation sites is 1. The third-order valence-corrected chi connectivity index (χ3v) is 2.65. The Balaban J connectivity index is 2.42. The van der Waals surface area contributed by atoms with Gasteiger partial charge >= 0.3 is 11.9 Å². The van der Waals surface area contributed by atoms with E-state index < -0.39 is 17.8 Å². The van der Waals surface area contributed by atoms with Gasteiger partial charge in [0.1, 0.15) is 5.82 Å². The molecule has 5 nitrogen and oxygen atoms in total. The highest BCUT2D eigenvalue weighted by atomic mass is 19.1. The van der Waals surface area contributed by atoms with E-state index in [1.165, 1.54) is 36.5 Å². The van der Waals surface area contributed by atoms with E-state index in [1.54, 1.807) is 6.07 Å². The van der Waals surface area contributed by atoms with E-state index in [0.717, 1.165) is 6.07 Å². The van der Waals surface area contributed by atoms with Crippen molar-refractivity contribution in [1.29, 1.82) is 0 Å². The lowest BCUT2D eigenvalue weighted by Gasteiger charge is -2.01. The number of nitrogens with zero attached hydrogens (tertiary/aromatic N) is 1. The normalized spacial score (nSPS) is 10.7. The molecule has 0 heterocycles. The molecule has 2 aromatic carbocycles. The van der Waals surface area contributed by atoms with Gasteiger partial charge in [-0.05, 0) is 35.9 Å². The molecular weight excluding hydrogens is 277 g/mol. The lowest BCUT2D eigenvalue weighted by molar-refractivity contribution is 0.0696. The van der Waals surface area contributed by atoms with Crippen molar-refractivity contribution in [2.45, 2.75) is 0 Å². The van der Waals surface area contributed by atoms with Crippen LogP contribution in [0.5, 0.6) is 0 Å². The van der Waals surface area contributed by atoms with Gasteiger partial charge < -0.3 is 10.2 Å². The summed E-state index contributed by atoms with van der Waals surface area (Å²) >= 11 is 0. The summed E-state index contributed by atoms with van der Waals surface area (Å²) in [6.07, 6.45) is 1.22. The van der Waals surface area contributed by atoms with Crippen LogP contribution < -0.4 is 0 Å². The molecule has 0 spiro atoms. The van der Waals surface area contributed by atoms with Crippen LogP contribution in [0.4, 0.5) is 10.1 Å². The zero-order valence-electron chi connectivity index (χ0n) is 10.7. The number of aliphatic imine (C=N–C) groups is 1. The highest BCUT2D eigenvalue weighted by Gasteiger charge is 2.10. The number of rotatable bonds is 4. The fourth-order valence-electron chi connectivity index (χ4n) is 1.67. The van der Waals surface area contributed by atoms with Crippen LogP contribution in [0.25, 0.3) is 0 Å². The number of hydrogen-bond acceptors (Lipinski definition) is 3. The van der Waals surface area contributed by atoms with Gasteiger partial charge in [-0.1, -0.05) is 12.1 Å². The van der Waals surface area contributed by atoms with Gasteiger partial charge in [-0.3, -0.25) is 4.99 Å². The molecule has 0 saturated carbocycles. The highest BCUT2D eigenvalue weighted by molar-refractivity contribution is 5.97. The van der Waals surface area contributed by atoms with Crippen molar-refractivity contribution < 1.29 is 24.2 Å². The summed E-state index contributed by atoms with van der Waals surface area (Å²) in [7, 11) is 0. The highest BCUT2D eigenvalue weighted by Crippen LogP contribution is 2.17. The molecule has 6 heteroatoms. The Morgan fingerprint density at radius 3 is 2.10 bits per heavy atom. The third-order valence-electron chi connectivity index (χ3n) is 2.65. The number of carbonyl (C=O) groups is 2. The van der Waals surface area contributed by atoms with E-state index in [2.05, 4.69) is 4.99 Å².